The van der Waals surface area contributed by atoms with E-state index < -0.39 is 11.7 Å². The van der Waals surface area contributed by atoms with Crippen molar-refractivity contribution in [2.45, 2.75) is 45.8 Å². The van der Waals surface area contributed by atoms with Crippen LogP contribution in [0.4, 0.5) is 24.8 Å². The maximum Gasteiger partial charge on any atom is 0.416 e. The molecule has 0 atom stereocenters. The number of anilines is 2. The van der Waals surface area contributed by atoms with Gasteiger partial charge in [0.25, 0.3) is 0 Å². The van der Waals surface area contributed by atoms with Crippen molar-refractivity contribution in [3.63, 3.8) is 0 Å². The second-order valence-corrected chi connectivity index (χ2v) is 5.35. The van der Waals surface area contributed by atoms with Crippen molar-refractivity contribution in [1.29, 1.82) is 0 Å². The molecule has 0 aliphatic heterocycles. The number of halogens is 3. The molecule has 1 heterocycles. The van der Waals surface area contributed by atoms with Gasteiger partial charge >= 0.3 is 6.18 Å². The molecule has 0 saturated heterocycles. The Labute approximate surface area is 118 Å². The largest absolute Gasteiger partial charge is 0.416 e. The highest BCUT2D eigenvalue weighted by molar-refractivity contribution is 5.52. The Morgan fingerprint density at radius 1 is 1.20 bits per heavy atom. The minimum atomic E-state index is -4.38. The SMILES string of the molecule is CCNc1cc(C(F)(F)F)cc(N(C)C(C)(C)CC)n1. The molecule has 3 nitrogen and oxygen atoms in total. The number of aromatic nitrogens is 1. The Balaban J connectivity index is 3.28. The van der Waals surface area contributed by atoms with Gasteiger partial charge in [-0.2, -0.15) is 13.2 Å². The normalized spacial score (nSPS) is 12.4. The lowest BCUT2D eigenvalue weighted by Crippen LogP contribution is -2.41. The van der Waals surface area contributed by atoms with Crippen LogP contribution in [-0.2, 0) is 6.18 Å². The van der Waals surface area contributed by atoms with E-state index in [9.17, 15) is 13.2 Å². The van der Waals surface area contributed by atoms with E-state index in [1.165, 1.54) is 0 Å². The first kappa shape index (κ1) is 16.6. The van der Waals surface area contributed by atoms with Gasteiger partial charge in [0.15, 0.2) is 0 Å². The first-order valence-electron chi connectivity index (χ1n) is 6.68. The van der Waals surface area contributed by atoms with Crippen LogP contribution in [0.5, 0.6) is 0 Å². The van der Waals surface area contributed by atoms with Gasteiger partial charge in [0.1, 0.15) is 11.6 Å². The number of rotatable bonds is 5. The molecule has 0 fully saturated rings. The summed E-state index contributed by atoms with van der Waals surface area (Å²) >= 11 is 0. The zero-order chi connectivity index (χ0) is 15.6. The number of nitrogens with one attached hydrogen (secondary N) is 1. The molecular formula is C14H22F3N3. The molecule has 0 aliphatic rings. The predicted molar refractivity (Wildman–Crippen MR) is 76.2 cm³/mol. The van der Waals surface area contributed by atoms with Crippen LogP contribution in [0.15, 0.2) is 12.1 Å². The summed E-state index contributed by atoms with van der Waals surface area (Å²) in [6, 6.07) is 2.14. The summed E-state index contributed by atoms with van der Waals surface area (Å²) < 4.78 is 38.9. The molecule has 6 heteroatoms. The average molecular weight is 289 g/mol. The van der Waals surface area contributed by atoms with Crippen molar-refractivity contribution in [3.8, 4) is 0 Å². The first-order valence-corrected chi connectivity index (χ1v) is 6.68. The van der Waals surface area contributed by atoms with Crippen LogP contribution >= 0.6 is 0 Å². The number of nitrogens with zero attached hydrogens (tertiary/aromatic N) is 2. The van der Waals surface area contributed by atoms with Gasteiger partial charge in [-0.1, -0.05) is 6.92 Å². The summed E-state index contributed by atoms with van der Waals surface area (Å²) in [6.45, 7) is 8.29. The summed E-state index contributed by atoms with van der Waals surface area (Å²) in [7, 11) is 1.77. The van der Waals surface area contributed by atoms with Crippen molar-refractivity contribution in [1.82, 2.24) is 4.98 Å². The van der Waals surface area contributed by atoms with Crippen molar-refractivity contribution < 1.29 is 13.2 Å². The van der Waals surface area contributed by atoms with Crippen molar-refractivity contribution in [2.24, 2.45) is 0 Å². The van der Waals surface area contributed by atoms with E-state index in [1.54, 1.807) is 11.9 Å². The van der Waals surface area contributed by atoms with E-state index in [1.807, 2.05) is 27.7 Å². The molecule has 0 radical (unpaired) electrons. The smallest absolute Gasteiger partial charge is 0.370 e. The van der Waals surface area contributed by atoms with Crippen molar-refractivity contribution in [3.05, 3.63) is 17.7 Å². The third-order valence-corrected chi connectivity index (χ3v) is 3.61. The second-order valence-electron chi connectivity index (χ2n) is 5.35. The minimum absolute atomic E-state index is 0.246. The van der Waals surface area contributed by atoms with E-state index in [0.29, 0.717) is 12.4 Å². The van der Waals surface area contributed by atoms with E-state index in [2.05, 4.69) is 10.3 Å². The van der Waals surface area contributed by atoms with E-state index in [-0.39, 0.29) is 11.4 Å². The predicted octanol–water partition coefficient (Wildman–Crippen LogP) is 4.16. The Kier molecular flexibility index (Phi) is 4.89. The van der Waals surface area contributed by atoms with E-state index in [4.69, 9.17) is 0 Å². The van der Waals surface area contributed by atoms with Crippen LogP contribution in [0.25, 0.3) is 0 Å². The van der Waals surface area contributed by atoms with Crippen LogP contribution in [0, 0.1) is 0 Å². The molecule has 0 aliphatic carbocycles. The topological polar surface area (TPSA) is 28.2 Å². The van der Waals surface area contributed by atoms with Gasteiger partial charge in [0, 0.05) is 19.1 Å². The fourth-order valence-electron chi connectivity index (χ4n) is 1.67. The van der Waals surface area contributed by atoms with Gasteiger partial charge in [-0.15, -0.1) is 0 Å². The molecule has 0 saturated carbocycles. The van der Waals surface area contributed by atoms with Crippen LogP contribution in [0.3, 0.4) is 0 Å². The highest BCUT2D eigenvalue weighted by atomic mass is 19.4. The van der Waals surface area contributed by atoms with Gasteiger partial charge in [-0.05, 0) is 39.3 Å². The Morgan fingerprint density at radius 2 is 1.80 bits per heavy atom. The van der Waals surface area contributed by atoms with Gasteiger partial charge < -0.3 is 10.2 Å². The summed E-state index contributed by atoms with van der Waals surface area (Å²) in [5, 5.41) is 2.85. The lowest BCUT2D eigenvalue weighted by atomic mass is 10.00. The molecule has 1 rings (SSSR count). The van der Waals surface area contributed by atoms with Gasteiger partial charge in [-0.3, -0.25) is 0 Å². The number of hydrogen-bond donors (Lipinski definition) is 1. The van der Waals surface area contributed by atoms with Crippen LogP contribution in [0.1, 0.15) is 39.7 Å². The molecule has 1 N–H and O–H groups in total. The highest BCUT2D eigenvalue weighted by Crippen LogP contribution is 2.34. The first-order chi connectivity index (χ1) is 9.11. The van der Waals surface area contributed by atoms with Crippen LogP contribution < -0.4 is 10.2 Å². The molecule has 20 heavy (non-hydrogen) atoms. The summed E-state index contributed by atoms with van der Waals surface area (Å²) in [6.07, 6.45) is -3.57. The molecule has 1 aromatic heterocycles. The fourth-order valence-corrected chi connectivity index (χ4v) is 1.67. The quantitative estimate of drug-likeness (QED) is 0.882. The highest BCUT2D eigenvalue weighted by Gasteiger charge is 2.33. The van der Waals surface area contributed by atoms with Crippen molar-refractivity contribution >= 4 is 11.6 Å². The lowest BCUT2D eigenvalue weighted by molar-refractivity contribution is -0.137. The molecule has 0 unspecified atom stereocenters. The zero-order valence-corrected chi connectivity index (χ0v) is 12.6. The Morgan fingerprint density at radius 3 is 2.25 bits per heavy atom. The van der Waals surface area contributed by atoms with Gasteiger partial charge in [0.2, 0.25) is 0 Å². The lowest BCUT2D eigenvalue weighted by Gasteiger charge is -2.36. The molecule has 1 aromatic rings. The summed E-state index contributed by atoms with van der Waals surface area (Å²) in [5.74, 6) is 0.568. The molecule has 0 bridgehead atoms. The molecular weight excluding hydrogens is 267 g/mol. The molecule has 0 aromatic carbocycles. The van der Waals surface area contributed by atoms with Crippen LogP contribution in [0.2, 0.25) is 0 Å². The summed E-state index contributed by atoms with van der Waals surface area (Å²) in [5.41, 5.74) is -0.946. The molecule has 114 valence electrons. The maximum atomic E-state index is 13.0. The number of hydrogen-bond acceptors (Lipinski definition) is 3. The fraction of sp³-hybridized carbons (Fsp3) is 0.643. The van der Waals surface area contributed by atoms with E-state index in [0.717, 1.165) is 18.6 Å². The third kappa shape index (κ3) is 3.77. The van der Waals surface area contributed by atoms with Crippen LogP contribution in [-0.4, -0.2) is 24.1 Å². The van der Waals surface area contributed by atoms with Crippen molar-refractivity contribution in [2.75, 3.05) is 23.8 Å². The number of alkyl halides is 3. The van der Waals surface area contributed by atoms with Gasteiger partial charge in [0.05, 0.1) is 5.56 Å². The summed E-state index contributed by atoms with van der Waals surface area (Å²) in [4.78, 5) is 6.05. The third-order valence-electron chi connectivity index (χ3n) is 3.61. The van der Waals surface area contributed by atoms with E-state index >= 15 is 0 Å². The average Bonchev–Trinajstić information content (AvgIpc) is 2.36. The maximum absolute atomic E-state index is 13.0. The minimum Gasteiger partial charge on any atom is -0.370 e. The molecule has 0 spiro atoms. The molecule has 0 amide bonds. The Bertz CT molecular complexity index is 455. The monoisotopic (exact) mass is 289 g/mol. The number of pyridine rings is 1. The Hall–Kier alpha value is -1.46. The standard InChI is InChI=1S/C14H22F3N3/c1-6-13(3,4)20(5)12-9-10(14(15,16)17)8-11(19-12)18-7-2/h8-9H,6-7H2,1-5H3,(H,18,19). The zero-order valence-electron chi connectivity index (χ0n) is 12.6. The second kappa shape index (κ2) is 5.89. The van der Waals surface area contributed by atoms with Gasteiger partial charge in [-0.25, -0.2) is 4.98 Å².